The monoisotopic (exact) mass is 286 g/mol. The standard InChI is InChI=1S/C17H22N2O2/c1-2-16(20)15-4-3-11-19(15)17(21)10-9-13-5-7-14(12-18)8-6-13/h5-8,15-16,20H,2-4,9-11H2,1H3/t15-,16?/m0/s1. The number of carbonyl (C=O) groups is 1. The molecule has 1 aromatic rings. The Morgan fingerprint density at radius 3 is 2.81 bits per heavy atom. The highest BCUT2D eigenvalue weighted by molar-refractivity contribution is 5.77. The van der Waals surface area contributed by atoms with Gasteiger partial charge in [0, 0.05) is 13.0 Å². The van der Waals surface area contributed by atoms with Crippen molar-refractivity contribution in [2.45, 2.75) is 51.2 Å². The Morgan fingerprint density at radius 2 is 2.19 bits per heavy atom. The molecule has 0 spiro atoms. The maximum Gasteiger partial charge on any atom is 0.223 e. The predicted molar refractivity (Wildman–Crippen MR) is 80.5 cm³/mol. The van der Waals surface area contributed by atoms with Gasteiger partial charge in [0.15, 0.2) is 0 Å². The van der Waals surface area contributed by atoms with Crippen molar-refractivity contribution in [1.82, 2.24) is 4.90 Å². The van der Waals surface area contributed by atoms with Crippen molar-refractivity contribution in [3.63, 3.8) is 0 Å². The van der Waals surface area contributed by atoms with Crippen molar-refractivity contribution in [3.05, 3.63) is 35.4 Å². The number of hydrogen-bond donors (Lipinski definition) is 1. The van der Waals surface area contributed by atoms with Gasteiger partial charge in [-0.2, -0.15) is 5.26 Å². The van der Waals surface area contributed by atoms with Crippen molar-refractivity contribution in [2.24, 2.45) is 0 Å². The van der Waals surface area contributed by atoms with Crippen LogP contribution >= 0.6 is 0 Å². The molecule has 1 amide bonds. The summed E-state index contributed by atoms with van der Waals surface area (Å²) in [7, 11) is 0. The molecule has 1 saturated heterocycles. The molecule has 4 heteroatoms. The van der Waals surface area contributed by atoms with Crippen LogP contribution in [-0.2, 0) is 11.2 Å². The summed E-state index contributed by atoms with van der Waals surface area (Å²) in [6.45, 7) is 2.70. The van der Waals surface area contributed by atoms with Gasteiger partial charge in [-0.15, -0.1) is 0 Å². The lowest BCUT2D eigenvalue weighted by atomic mass is 10.0. The molecular formula is C17H22N2O2. The third kappa shape index (κ3) is 3.83. The average Bonchev–Trinajstić information content (AvgIpc) is 3.02. The van der Waals surface area contributed by atoms with Gasteiger partial charge in [-0.05, 0) is 43.4 Å². The summed E-state index contributed by atoms with van der Waals surface area (Å²) in [6.07, 6.45) is 3.28. The van der Waals surface area contributed by atoms with Crippen LogP contribution in [-0.4, -0.2) is 34.6 Å². The van der Waals surface area contributed by atoms with Gasteiger partial charge in [0.25, 0.3) is 0 Å². The number of aryl methyl sites for hydroxylation is 1. The first-order valence-electron chi connectivity index (χ1n) is 7.62. The van der Waals surface area contributed by atoms with Crippen LogP contribution in [0.2, 0.25) is 0 Å². The molecule has 0 aromatic heterocycles. The number of benzene rings is 1. The maximum absolute atomic E-state index is 12.3. The SMILES string of the molecule is CCC(O)[C@@H]1CCCN1C(=O)CCc1ccc(C#N)cc1. The number of hydrogen-bond acceptors (Lipinski definition) is 3. The fourth-order valence-corrected chi connectivity index (χ4v) is 2.92. The molecule has 0 saturated carbocycles. The number of amides is 1. The fourth-order valence-electron chi connectivity index (χ4n) is 2.92. The van der Waals surface area contributed by atoms with E-state index in [0.717, 1.165) is 24.9 Å². The number of nitriles is 1. The third-order valence-corrected chi connectivity index (χ3v) is 4.19. The Morgan fingerprint density at radius 1 is 1.48 bits per heavy atom. The number of carbonyl (C=O) groups excluding carboxylic acids is 1. The zero-order valence-corrected chi connectivity index (χ0v) is 12.5. The van der Waals surface area contributed by atoms with E-state index in [4.69, 9.17) is 5.26 Å². The molecule has 1 fully saturated rings. The highest BCUT2D eigenvalue weighted by Crippen LogP contribution is 2.23. The Bertz CT molecular complexity index is 519. The summed E-state index contributed by atoms with van der Waals surface area (Å²) < 4.78 is 0. The second-order valence-electron chi connectivity index (χ2n) is 5.58. The largest absolute Gasteiger partial charge is 0.391 e. The molecule has 2 rings (SSSR count). The van der Waals surface area contributed by atoms with Gasteiger partial charge in [-0.25, -0.2) is 0 Å². The molecule has 0 aliphatic carbocycles. The van der Waals surface area contributed by atoms with Crippen molar-refractivity contribution in [2.75, 3.05) is 6.54 Å². The van der Waals surface area contributed by atoms with Crippen molar-refractivity contribution in [3.8, 4) is 6.07 Å². The highest BCUT2D eigenvalue weighted by atomic mass is 16.3. The molecule has 0 bridgehead atoms. The van der Waals surface area contributed by atoms with Crippen LogP contribution < -0.4 is 0 Å². The van der Waals surface area contributed by atoms with E-state index in [2.05, 4.69) is 6.07 Å². The topological polar surface area (TPSA) is 64.3 Å². The molecule has 1 aliphatic rings. The van der Waals surface area contributed by atoms with Gasteiger partial charge in [0.2, 0.25) is 5.91 Å². The van der Waals surface area contributed by atoms with E-state index < -0.39 is 6.10 Å². The van der Waals surface area contributed by atoms with E-state index in [1.54, 1.807) is 12.1 Å². The second kappa shape index (κ2) is 7.24. The van der Waals surface area contributed by atoms with Crippen molar-refractivity contribution < 1.29 is 9.90 Å². The Kier molecular flexibility index (Phi) is 5.35. The van der Waals surface area contributed by atoms with Gasteiger partial charge < -0.3 is 10.0 Å². The number of likely N-dealkylation sites (tertiary alicyclic amines) is 1. The lowest BCUT2D eigenvalue weighted by Gasteiger charge is -2.28. The van der Waals surface area contributed by atoms with Gasteiger partial charge in [-0.1, -0.05) is 19.1 Å². The van der Waals surface area contributed by atoms with E-state index in [9.17, 15) is 9.90 Å². The third-order valence-electron chi connectivity index (χ3n) is 4.19. The number of aliphatic hydroxyl groups is 1. The quantitative estimate of drug-likeness (QED) is 0.903. The van der Waals surface area contributed by atoms with Gasteiger partial charge in [0.1, 0.15) is 0 Å². The minimum absolute atomic E-state index is 0.0107. The van der Waals surface area contributed by atoms with Gasteiger partial charge in [-0.3, -0.25) is 4.79 Å². The van der Waals surface area contributed by atoms with Crippen LogP contribution in [0.5, 0.6) is 0 Å². The van der Waals surface area contributed by atoms with Crippen LogP contribution in [0, 0.1) is 11.3 Å². The minimum Gasteiger partial charge on any atom is -0.391 e. The van der Waals surface area contributed by atoms with E-state index >= 15 is 0 Å². The molecule has 1 aliphatic heterocycles. The molecule has 21 heavy (non-hydrogen) atoms. The molecular weight excluding hydrogens is 264 g/mol. The average molecular weight is 286 g/mol. The summed E-state index contributed by atoms with van der Waals surface area (Å²) in [5.74, 6) is 0.120. The lowest BCUT2D eigenvalue weighted by molar-refractivity contribution is -0.134. The summed E-state index contributed by atoms with van der Waals surface area (Å²) in [4.78, 5) is 14.2. The summed E-state index contributed by atoms with van der Waals surface area (Å²) in [5, 5.41) is 18.8. The van der Waals surface area contributed by atoms with Crippen molar-refractivity contribution in [1.29, 1.82) is 5.26 Å². The first kappa shape index (κ1) is 15.5. The van der Waals surface area contributed by atoms with Gasteiger partial charge in [0.05, 0.1) is 23.8 Å². The number of nitrogens with zero attached hydrogens (tertiary/aromatic N) is 2. The Balaban J connectivity index is 1.90. The van der Waals surface area contributed by atoms with Crippen LogP contribution in [0.25, 0.3) is 0 Å². The predicted octanol–water partition coefficient (Wildman–Crippen LogP) is 2.25. The molecule has 2 atom stereocenters. The molecule has 112 valence electrons. The minimum atomic E-state index is -0.411. The lowest BCUT2D eigenvalue weighted by Crippen LogP contribution is -2.42. The Labute approximate surface area is 126 Å². The molecule has 1 aromatic carbocycles. The van der Waals surface area contributed by atoms with Crippen LogP contribution in [0.1, 0.15) is 43.7 Å². The molecule has 1 N–H and O–H groups in total. The van der Waals surface area contributed by atoms with Crippen LogP contribution in [0.4, 0.5) is 0 Å². The zero-order valence-electron chi connectivity index (χ0n) is 12.5. The molecule has 1 heterocycles. The first-order valence-corrected chi connectivity index (χ1v) is 7.62. The normalized spacial score (nSPS) is 19.3. The maximum atomic E-state index is 12.3. The Hall–Kier alpha value is -1.86. The summed E-state index contributed by atoms with van der Waals surface area (Å²) in [6, 6.07) is 9.42. The van der Waals surface area contributed by atoms with E-state index in [1.165, 1.54) is 0 Å². The fraction of sp³-hybridized carbons (Fsp3) is 0.529. The van der Waals surface area contributed by atoms with E-state index in [0.29, 0.717) is 24.8 Å². The second-order valence-corrected chi connectivity index (χ2v) is 5.58. The highest BCUT2D eigenvalue weighted by Gasteiger charge is 2.32. The zero-order chi connectivity index (χ0) is 15.2. The number of aliphatic hydroxyl groups excluding tert-OH is 1. The van der Waals surface area contributed by atoms with Crippen LogP contribution in [0.3, 0.4) is 0 Å². The number of rotatable bonds is 5. The first-order chi connectivity index (χ1) is 10.2. The molecule has 0 radical (unpaired) electrons. The smallest absolute Gasteiger partial charge is 0.223 e. The summed E-state index contributed by atoms with van der Waals surface area (Å²) >= 11 is 0. The molecule has 1 unspecified atom stereocenters. The van der Waals surface area contributed by atoms with Gasteiger partial charge >= 0.3 is 0 Å². The van der Waals surface area contributed by atoms with E-state index in [-0.39, 0.29) is 11.9 Å². The summed E-state index contributed by atoms with van der Waals surface area (Å²) in [5.41, 5.74) is 1.70. The van der Waals surface area contributed by atoms with Crippen LogP contribution in [0.15, 0.2) is 24.3 Å². The van der Waals surface area contributed by atoms with E-state index in [1.807, 2.05) is 24.0 Å². The molecule has 4 nitrogen and oxygen atoms in total. The van der Waals surface area contributed by atoms with Crippen molar-refractivity contribution >= 4 is 5.91 Å².